The number of H-pyrrole nitrogens is 2. The van der Waals surface area contributed by atoms with E-state index in [0.717, 1.165) is 93.3 Å². The van der Waals surface area contributed by atoms with Crippen LogP contribution in [-0.2, 0) is 9.47 Å². The molecule has 3 fully saturated rings. The molecule has 6 heterocycles. The van der Waals surface area contributed by atoms with Crippen molar-refractivity contribution in [2.75, 3.05) is 50.2 Å². The number of ether oxygens (including phenoxy) is 2. The first-order chi connectivity index (χ1) is 19.3. The maximum absolute atomic E-state index is 5.55. The molecule has 4 N–H and O–H groups in total. The fourth-order valence-electron chi connectivity index (χ4n) is 6.08. The molecule has 2 saturated heterocycles. The zero-order valence-electron chi connectivity index (χ0n) is 22.0. The molecule has 0 amide bonds. The van der Waals surface area contributed by atoms with Gasteiger partial charge in [0, 0.05) is 56.3 Å². The molecule has 0 bridgehead atoms. The number of anilines is 3. The second-order valence-corrected chi connectivity index (χ2v) is 10.7. The minimum Gasteiger partial charge on any atom is -0.381 e. The lowest BCUT2D eigenvalue weighted by molar-refractivity contribution is 0.00791. The van der Waals surface area contributed by atoms with E-state index in [1.54, 1.807) is 6.20 Å². The number of rotatable bonds is 7. The highest BCUT2D eigenvalue weighted by molar-refractivity contribution is 5.99. The molecule has 0 spiro atoms. The van der Waals surface area contributed by atoms with Crippen molar-refractivity contribution in [1.82, 2.24) is 45.0 Å². The first-order valence-corrected chi connectivity index (χ1v) is 14.0. The van der Waals surface area contributed by atoms with Crippen LogP contribution in [0.15, 0.2) is 24.8 Å². The maximum atomic E-state index is 5.55. The van der Waals surface area contributed by atoms with Gasteiger partial charge >= 0.3 is 0 Å². The summed E-state index contributed by atoms with van der Waals surface area (Å²) in [6, 6.07) is 1.32. The van der Waals surface area contributed by atoms with Gasteiger partial charge in [-0.05, 0) is 38.5 Å². The van der Waals surface area contributed by atoms with Crippen LogP contribution in [0.1, 0.15) is 44.6 Å². The first-order valence-electron chi connectivity index (χ1n) is 14.0. The number of morpholine rings is 1. The number of nitrogens with one attached hydrogen (secondary N) is 4. The summed E-state index contributed by atoms with van der Waals surface area (Å²) in [7, 11) is 0. The Morgan fingerprint density at radius 3 is 2.51 bits per heavy atom. The molecule has 1 saturated carbocycles. The van der Waals surface area contributed by atoms with Crippen molar-refractivity contribution in [2.24, 2.45) is 0 Å². The van der Waals surface area contributed by atoms with E-state index < -0.39 is 0 Å². The highest BCUT2D eigenvalue weighted by Gasteiger charge is 2.28. The van der Waals surface area contributed by atoms with Gasteiger partial charge in [-0.1, -0.05) is 0 Å². The van der Waals surface area contributed by atoms with Crippen LogP contribution in [-0.4, -0.2) is 96.6 Å². The normalized spacial score (nSPS) is 23.3. The zero-order valence-corrected chi connectivity index (χ0v) is 22.0. The molecule has 2 aliphatic heterocycles. The van der Waals surface area contributed by atoms with Crippen molar-refractivity contribution in [3.05, 3.63) is 24.8 Å². The highest BCUT2D eigenvalue weighted by Crippen LogP contribution is 2.34. The van der Waals surface area contributed by atoms with Gasteiger partial charge in [0.2, 0.25) is 5.95 Å². The van der Waals surface area contributed by atoms with Crippen LogP contribution >= 0.6 is 0 Å². The summed E-state index contributed by atoms with van der Waals surface area (Å²) in [6.45, 7) is 5.32. The van der Waals surface area contributed by atoms with E-state index >= 15 is 0 Å². The van der Waals surface area contributed by atoms with E-state index in [2.05, 4.69) is 41.0 Å². The summed E-state index contributed by atoms with van der Waals surface area (Å²) in [5, 5.41) is 27.3. The summed E-state index contributed by atoms with van der Waals surface area (Å²) in [6.07, 6.45) is 13.9. The number of hydrogen-bond donors (Lipinski definition) is 4. The molecule has 206 valence electrons. The van der Waals surface area contributed by atoms with Crippen molar-refractivity contribution in [2.45, 2.75) is 56.7 Å². The summed E-state index contributed by atoms with van der Waals surface area (Å²) in [5.41, 5.74) is 3.20. The van der Waals surface area contributed by atoms with Crippen LogP contribution in [0.3, 0.4) is 0 Å². The lowest BCUT2D eigenvalue weighted by atomic mass is 9.90. The number of aromatic amines is 2. The lowest BCUT2D eigenvalue weighted by Gasteiger charge is -2.39. The number of nitrogens with zero attached hydrogens (tertiary/aromatic N) is 7. The Hall–Kier alpha value is -3.55. The number of fused-ring (bicyclic) bond motifs is 1. The summed E-state index contributed by atoms with van der Waals surface area (Å²) in [5.74, 6) is 1.28. The molecule has 0 atom stereocenters. The summed E-state index contributed by atoms with van der Waals surface area (Å²) < 4.78 is 13.1. The Balaban J connectivity index is 1.13. The van der Waals surface area contributed by atoms with Gasteiger partial charge in [0.25, 0.3) is 0 Å². The third-order valence-electron chi connectivity index (χ3n) is 8.21. The van der Waals surface area contributed by atoms with Crippen LogP contribution in [0, 0.1) is 0 Å². The Labute approximate surface area is 226 Å². The maximum Gasteiger partial charge on any atom is 0.231 e. The average Bonchev–Trinajstić information content (AvgIpc) is 3.76. The van der Waals surface area contributed by atoms with Crippen LogP contribution in [0.2, 0.25) is 0 Å². The van der Waals surface area contributed by atoms with E-state index in [1.165, 1.54) is 12.8 Å². The molecule has 1 aliphatic carbocycles. The van der Waals surface area contributed by atoms with Crippen molar-refractivity contribution < 1.29 is 9.47 Å². The van der Waals surface area contributed by atoms with E-state index in [1.807, 2.05) is 23.3 Å². The van der Waals surface area contributed by atoms with Gasteiger partial charge in [0.05, 0.1) is 42.7 Å². The lowest BCUT2D eigenvalue weighted by Crippen LogP contribution is -2.46. The monoisotopic (exact) mass is 533 g/mol. The minimum absolute atomic E-state index is 0.330. The van der Waals surface area contributed by atoms with Gasteiger partial charge in [-0.25, -0.2) is 0 Å². The Morgan fingerprint density at radius 1 is 0.897 bits per heavy atom. The molecule has 3 aliphatic rings. The third kappa shape index (κ3) is 5.21. The zero-order chi connectivity index (χ0) is 26.0. The van der Waals surface area contributed by atoms with Gasteiger partial charge in [0.1, 0.15) is 11.5 Å². The van der Waals surface area contributed by atoms with Crippen molar-refractivity contribution in [1.29, 1.82) is 0 Å². The van der Waals surface area contributed by atoms with Gasteiger partial charge in [-0.3, -0.25) is 19.8 Å². The Bertz CT molecular complexity index is 1360. The third-order valence-corrected chi connectivity index (χ3v) is 8.21. The predicted octanol–water partition coefficient (Wildman–Crippen LogP) is 3.09. The minimum atomic E-state index is 0.330. The predicted molar refractivity (Wildman–Crippen MR) is 146 cm³/mol. The molecule has 39 heavy (non-hydrogen) atoms. The van der Waals surface area contributed by atoms with Crippen LogP contribution < -0.4 is 10.6 Å². The first kappa shape index (κ1) is 24.5. The average molecular weight is 534 g/mol. The highest BCUT2D eigenvalue weighted by atomic mass is 16.5. The standard InChI is InChI=1S/C26H35N11O2/c1-3-20(36-7-11-39-12-8-36)4-2-18(1)30-24-22-23(17-13-27-28-14-17)34-35-25(22)33-26(32-24)31-19-15-29-37(16-19)21-5-9-38-10-6-21/h13-16,18,20-21H,1-12H2,(H,27,28)(H3,30,31,32,33,34,35). The Morgan fingerprint density at radius 2 is 1.72 bits per heavy atom. The SMILES string of the molecule is c1nn(C2CCOCC2)cc1Nc1nc(NC2CCC(N3CCOCC3)CC2)c2c(-c3cn[nH]c3)n[nH]c2n1. The molecule has 0 radical (unpaired) electrons. The van der Waals surface area contributed by atoms with E-state index in [4.69, 9.17) is 19.4 Å². The summed E-state index contributed by atoms with van der Waals surface area (Å²) >= 11 is 0. The van der Waals surface area contributed by atoms with Gasteiger partial charge in [0.15, 0.2) is 5.65 Å². The van der Waals surface area contributed by atoms with E-state index in [0.29, 0.717) is 29.7 Å². The number of hydrogen-bond acceptors (Lipinski definition) is 10. The second kappa shape index (κ2) is 10.9. The molecule has 0 unspecified atom stereocenters. The molecule has 13 nitrogen and oxygen atoms in total. The number of aromatic nitrogens is 8. The fraction of sp³-hybridized carbons (Fsp3) is 0.577. The van der Waals surface area contributed by atoms with Gasteiger partial charge < -0.3 is 20.1 Å². The van der Waals surface area contributed by atoms with Gasteiger partial charge in [-0.2, -0.15) is 25.3 Å². The second-order valence-electron chi connectivity index (χ2n) is 10.7. The smallest absolute Gasteiger partial charge is 0.231 e. The van der Waals surface area contributed by atoms with E-state index in [9.17, 15) is 0 Å². The van der Waals surface area contributed by atoms with Crippen LogP contribution in [0.25, 0.3) is 22.3 Å². The Kier molecular flexibility index (Phi) is 6.85. The largest absolute Gasteiger partial charge is 0.381 e. The molecule has 0 aromatic carbocycles. The molecule has 7 rings (SSSR count). The molecular weight excluding hydrogens is 498 g/mol. The van der Waals surface area contributed by atoms with Crippen molar-refractivity contribution in [3.8, 4) is 11.3 Å². The molecule has 4 aromatic heterocycles. The fourth-order valence-corrected chi connectivity index (χ4v) is 6.08. The van der Waals surface area contributed by atoms with Crippen molar-refractivity contribution in [3.63, 3.8) is 0 Å². The van der Waals surface area contributed by atoms with Crippen LogP contribution in [0.4, 0.5) is 17.5 Å². The molecule has 13 heteroatoms. The van der Waals surface area contributed by atoms with Crippen LogP contribution in [0.5, 0.6) is 0 Å². The summed E-state index contributed by atoms with van der Waals surface area (Å²) in [4.78, 5) is 12.3. The molecule has 4 aromatic rings. The molecular formula is C26H35N11O2. The topological polar surface area (TPSA) is 147 Å². The van der Waals surface area contributed by atoms with Gasteiger partial charge in [-0.15, -0.1) is 0 Å². The van der Waals surface area contributed by atoms with Crippen molar-refractivity contribution >= 4 is 28.5 Å². The van der Waals surface area contributed by atoms with E-state index in [-0.39, 0.29) is 0 Å². The quantitative estimate of drug-likeness (QED) is 0.279.